The Kier molecular flexibility index (Phi) is 8.90. The van der Waals surface area contributed by atoms with Gasteiger partial charge in [-0.05, 0) is 73.2 Å². The summed E-state index contributed by atoms with van der Waals surface area (Å²) in [6.07, 6.45) is 1.31. The van der Waals surface area contributed by atoms with Crippen LogP contribution in [-0.2, 0) is 27.9 Å². The second-order valence-electron chi connectivity index (χ2n) is 8.65. The normalized spacial score (nSPS) is 11.8. The first-order valence-electron chi connectivity index (χ1n) is 11.7. The molecule has 1 heterocycles. The van der Waals surface area contributed by atoms with E-state index in [-0.39, 0.29) is 29.3 Å². The summed E-state index contributed by atoms with van der Waals surface area (Å²) in [4.78, 5) is 12.7. The first-order chi connectivity index (χ1) is 18.6. The number of halogens is 2. The number of carbonyl (C=O) groups excluding carboxylic acids is 1. The summed E-state index contributed by atoms with van der Waals surface area (Å²) in [7, 11) is -3.94. The maximum absolute atomic E-state index is 13.5. The molecule has 0 unspecified atom stereocenters. The average Bonchev–Trinajstić information content (AvgIpc) is 3.36. The van der Waals surface area contributed by atoms with Gasteiger partial charge in [-0.3, -0.25) is 4.79 Å². The van der Waals surface area contributed by atoms with Crippen LogP contribution in [0.25, 0.3) is 6.08 Å². The minimum absolute atomic E-state index is 0.0520. The monoisotopic (exact) mass is 579 g/mol. The molecule has 0 radical (unpaired) electrons. The third kappa shape index (κ3) is 7.37. The molecule has 0 atom stereocenters. The van der Waals surface area contributed by atoms with Crippen molar-refractivity contribution >= 4 is 50.9 Å². The number of hydrogen-bond acceptors (Lipinski definition) is 5. The molecular weight excluding hydrogens is 557 g/mol. The first-order valence-corrected chi connectivity index (χ1v) is 13.9. The summed E-state index contributed by atoms with van der Waals surface area (Å²) in [6.45, 7) is 1.88. The van der Waals surface area contributed by atoms with Crippen LogP contribution in [0.1, 0.15) is 22.6 Å². The number of sulfonamides is 1. The van der Waals surface area contributed by atoms with Crippen molar-refractivity contribution in [1.82, 2.24) is 4.31 Å². The summed E-state index contributed by atoms with van der Waals surface area (Å²) in [5.41, 5.74) is 2.15. The van der Waals surface area contributed by atoms with E-state index >= 15 is 0 Å². The summed E-state index contributed by atoms with van der Waals surface area (Å²) in [5.74, 6) is -0.0334. The number of nitriles is 1. The molecule has 0 bridgehead atoms. The molecule has 7 nitrogen and oxygen atoms in total. The highest BCUT2D eigenvalue weighted by atomic mass is 35.5. The van der Waals surface area contributed by atoms with Crippen LogP contribution in [0, 0.1) is 18.3 Å². The molecule has 10 heteroatoms. The Morgan fingerprint density at radius 1 is 0.923 bits per heavy atom. The zero-order valence-electron chi connectivity index (χ0n) is 20.8. The molecule has 1 aromatic heterocycles. The van der Waals surface area contributed by atoms with E-state index in [1.807, 2.05) is 25.1 Å². The summed E-state index contributed by atoms with van der Waals surface area (Å²) in [6, 6.07) is 25.0. The van der Waals surface area contributed by atoms with E-state index in [0.29, 0.717) is 21.5 Å². The minimum atomic E-state index is -3.94. The maximum atomic E-state index is 13.5. The first kappa shape index (κ1) is 28.1. The van der Waals surface area contributed by atoms with Gasteiger partial charge in [-0.2, -0.15) is 9.57 Å². The Balaban J connectivity index is 1.57. The predicted molar refractivity (Wildman–Crippen MR) is 151 cm³/mol. The second kappa shape index (κ2) is 12.3. The lowest BCUT2D eigenvalue weighted by Gasteiger charge is -2.21. The number of hydrogen-bond donors (Lipinski definition) is 1. The lowest BCUT2D eigenvalue weighted by Crippen LogP contribution is -2.30. The fourth-order valence-electron chi connectivity index (χ4n) is 3.63. The molecule has 0 saturated heterocycles. The van der Waals surface area contributed by atoms with Crippen LogP contribution in [0.15, 0.2) is 99.8 Å². The summed E-state index contributed by atoms with van der Waals surface area (Å²) >= 11 is 11.9. The highest BCUT2D eigenvalue weighted by Gasteiger charge is 2.26. The van der Waals surface area contributed by atoms with Gasteiger partial charge in [-0.25, -0.2) is 8.42 Å². The number of nitrogens with zero attached hydrogens (tertiary/aromatic N) is 2. The van der Waals surface area contributed by atoms with Gasteiger partial charge in [0.05, 0.1) is 11.4 Å². The van der Waals surface area contributed by atoms with Crippen LogP contribution in [0.4, 0.5) is 5.69 Å². The number of nitrogens with one attached hydrogen (secondary N) is 1. The third-order valence-corrected chi connectivity index (χ3v) is 8.01. The van der Waals surface area contributed by atoms with Crippen LogP contribution in [0.2, 0.25) is 10.0 Å². The van der Waals surface area contributed by atoms with Gasteiger partial charge in [-0.1, -0.05) is 53.0 Å². The van der Waals surface area contributed by atoms with Gasteiger partial charge in [0.1, 0.15) is 23.2 Å². The van der Waals surface area contributed by atoms with Crippen molar-refractivity contribution in [3.8, 4) is 6.07 Å². The highest BCUT2D eigenvalue weighted by Crippen LogP contribution is 2.25. The minimum Gasteiger partial charge on any atom is -0.460 e. The van der Waals surface area contributed by atoms with Gasteiger partial charge >= 0.3 is 0 Å². The number of anilines is 1. The van der Waals surface area contributed by atoms with Crippen molar-refractivity contribution in [1.29, 1.82) is 5.26 Å². The van der Waals surface area contributed by atoms with Gasteiger partial charge in [0.2, 0.25) is 10.0 Å². The fraction of sp³-hybridized carbons (Fsp3) is 0.103. The van der Waals surface area contributed by atoms with Crippen molar-refractivity contribution in [3.05, 3.63) is 123 Å². The van der Waals surface area contributed by atoms with Crippen LogP contribution >= 0.6 is 23.2 Å². The lowest BCUT2D eigenvalue weighted by molar-refractivity contribution is -0.112. The predicted octanol–water partition coefficient (Wildman–Crippen LogP) is 6.83. The number of benzene rings is 3. The SMILES string of the molecule is Cc1ccc(NC(=O)/C(C#N)=C\c2ccc(CN(Cc3ccc(Cl)cc3)S(=O)(=O)c3ccc(Cl)cc3)o2)cc1. The Morgan fingerprint density at radius 2 is 1.54 bits per heavy atom. The van der Waals surface area contributed by atoms with Crippen LogP contribution in [0.3, 0.4) is 0 Å². The van der Waals surface area contributed by atoms with E-state index in [0.717, 1.165) is 11.1 Å². The standard InChI is InChI=1S/C29H23Cl2N3O4S/c1-20-2-10-25(11-3-20)33-29(35)22(17-32)16-26-12-13-27(38-26)19-34(18-21-4-6-23(30)7-5-21)39(36,37)28-14-8-24(31)9-15-28/h2-16H,18-19H2,1H3,(H,33,35)/b22-16-. The van der Waals surface area contributed by atoms with E-state index in [2.05, 4.69) is 5.32 Å². The molecule has 3 aromatic carbocycles. The third-order valence-electron chi connectivity index (χ3n) is 5.70. The quantitative estimate of drug-likeness (QED) is 0.173. The Hall–Kier alpha value is -3.87. The number of aryl methyl sites for hydroxylation is 1. The van der Waals surface area contributed by atoms with Crippen LogP contribution in [-0.4, -0.2) is 18.6 Å². The van der Waals surface area contributed by atoms with Gasteiger partial charge < -0.3 is 9.73 Å². The molecule has 1 amide bonds. The zero-order valence-corrected chi connectivity index (χ0v) is 23.1. The number of amides is 1. The molecule has 0 saturated carbocycles. The topological polar surface area (TPSA) is 103 Å². The smallest absolute Gasteiger partial charge is 0.266 e. The second-order valence-corrected chi connectivity index (χ2v) is 11.5. The molecule has 0 aliphatic rings. The largest absolute Gasteiger partial charge is 0.460 e. The molecule has 4 rings (SSSR count). The van der Waals surface area contributed by atoms with E-state index in [4.69, 9.17) is 27.6 Å². The average molecular weight is 580 g/mol. The van der Waals surface area contributed by atoms with Crippen molar-refractivity contribution in [2.45, 2.75) is 24.9 Å². The maximum Gasteiger partial charge on any atom is 0.266 e. The highest BCUT2D eigenvalue weighted by molar-refractivity contribution is 7.89. The lowest BCUT2D eigenvalue weighted by atomic mass is 10.2. The number of carbonyl (C=O) groups is 1. The van der Waals surface area contributed by atoms with Crippen LogP contribution < -0.4 is 5.32 Å². The molecule has 0 aliphatic heterocycles. The van der Waals surface area contributed by atoms with Crippen LogP contribution in [0.5, 0.6) is 0 Å². The number of furan rings is 1. The molecule has 4 aromatic rings. The van der Waals surface area contributed by atoms with Crippen molar-refractivity contribution in [3.63, 3.8) is 0 Å². The Bertz CT molecular complexity index is 1640. The molecule has 198 valence electrons. The number of rotatable bonds is 9. The molecule has 0 spiro atoms. The van der Waals surface area contributed by atoms with E-state index in [1.165, 1.54) is 34.6 Å². The molecular formula is C29H23Cl2N3O4S. The van der Waals surface area contributed by atoms with E-state index in [1.54, 1.807) is 48.5 Å². The van der Waals surface area contributed by atoms with Crippen molar-refractivity contribution in [2.24, 2.45) is 0 Å². The Morgan fingerprint density at radius 3 is 2.15 bits per heavy atom. The van der Waals surface area contributed by atoms with E-state index in [9.17, 15) is 18.5 Å². The fourth-order valence-corrected chi connectivity index (χ4v) is 5.28. The van der Waals surface area contributed by atoms with E-state index < -0.39 is 15.9 Å². The molecule has 0 fully saturated rings. The van der Waals surface area contributed by atoms with Crippen molar-refractivity contribution < 1.29 is 17.6 Å². The summed E-state index contributed by atoms with van der Waals surface area (Å²) < 4.78 is 34.2. The van der Waals surface area contributed by atoms with Crippen molar-refractivity contribution in [2.75, 3.05) is 5.32 Å². The zero-order chi connectivity index (χ0) is 28.0. The van der Waals surface area contributed by atoms with Gasteiger partial charge in [0, 0.05) is 28.4 Å². The Labute approximate surface area is 236 Å². The van der Waals surface area contributed by atoms with Gasteiger partial charge in [0.15, 0.2) is 0 Å². The van der Waals surface area contributed by atoms with Gasteiger partial charge in [-0.15, -0.1) is 0 Å². The molecule has 0 aliphatic carbocycles. The van der Waals surface area contributed by atoms with Gasteiger partial charge in [0.25, 0.3) is 5.91 Å². The molecule has 39 heavy (non-hydrogen) atoms. The summed E-state index contributed by atoms with van der Waals surface area (Å²) in [5, 5.41) is 13.2. The molecule has 1 N–H and O–H groups in total.